The first-order valence-corrected chi connectivity index (χ1v) is 40.1. The summed E-state index contributed by atoms with van der Waals surface area (Å²) in [4.78, 5) is 143. The van der Waals surface area contributed by atoms with Crippen molar-refractivity contribution in [2.75, 3.05) is 0 Å². The molecule has 0 heterocycles. The maximum Gasteiger partial charge on any atom is 0.312 e. The summed E-state index contributed by atoms with van der Waals surface area (Å²) in [5.41, 5.74) is -11.2. The van der Waals surface area contributed by atoms with Gasteiger partial charge >= 0.3 is 53.7 Å². The van der Waals surface area contributed by atoms with Gasteiger partial charge in [-0.3, -0.25) is 43.2 Å². The van der Waals surface area contributed by atoms with Gasteiger partial charge in [0.25, 0.3) is 0 Å². The van der Waals surface area contributed by atoms with E-state index in [0.717, 1.165) is 0 Å². The molecule has 0 fully saturated rings. The van der Waals surface area contributed by atoms with Crippen molar-refractivity contribution < 1.29 is 85.8 Å². The topological polar surface area (TPSA) is 237 Å². The minimum atomic E-state index is -2.12. The number of ether oxygens (including phenoxy) is 9. The maximum absolute atomic E-state index is 16.5. The third-order valence-electron chi connectivity index (χ3n) is 21.8. The van der Waals surface area contributed by atoms with Gasteiger partial charge in [-0.25, -0.2) is 0 Å². The number of hydrogen-bond acceptors (Lipinski definition) is 18. The van der Waals surface area contributed by atoms with Gasteiger partial charge in [-0.1, -0.05) is 273 Å². The predicted molar refractivity (Wildman–Crippen MR) is 447 cm³/mol. The lowest BCUT2D eigenvalue weighted by Crippen LogP contribution is -2.51. The molecular weight excluding hydrogens is 1490 g/mol. The van der Waals surface area contributed by atoms with E-state index in [1.54, 1.807) is 264 Å². The predicted octanol–water partition coefficient (Wildman–Crippen LogP) is 19.9. The zero-order valence-electron chi connectivity index (χ0n) is 69.9. The number of rotatable bonds is 43. The molecule has 620 valence electrons. The van der Waals surface area contributed by atoms with Crippen LogP contribution in [-0.2, 0) is 145 Å². The fraction of sp³-hybridized carbons (Fsp3) is 0.370. The maximum atomic E-state index is 16.5. The molecule has 6 atom stereocenters. The molecule has 0 aliphatic rings. The molecule has 0 spiro atoms. The molecule has 0 amide bonds. The Balaban J connectivity index is 1.23. The molecule has 0 aromatic heterocycles. The molecule has 0 bridgehead atoms. The monoisotopic (exact) mass is 1600 g/mol. The summed E-state index contributed by atoms with van der Waals surface area (Å²) in [5.74, 6) is -7.45. The second-order valence-corrected chi connectivity index (χ2v) is 34.7. The van der Waals surface area contributed by atoms with Crippen molar-refractivity contribution in [2.45, 2.75) is 187 Å². The van der Waals surface area contributed by atoms with Crippen LogP contribution in [0.15, 0.2) is 273 Å². The Bertz CT molecular complexity index is 4490. The summed E-state index contributed by atoms with van der Waals surface area (Å²) < 4.78 is 56.8. The third kappa shape index (κ3) is 25.9. The van der Waals surface area contributed by atoms with Crippen molar-refractivity contribution in [1.29, 1.82) is 0 Å². The SMILES string of the molecule is CC(C)(CC(C)(CC(C)(CC(C)(CC(C)(CC(C)(CC(C)(CC(C)(CC(C)(C)C(=O)OCc1ccccc1)C(=O)OCc1ccccc1)C(=O)OCc1ccccc1)C(=O)OCc1ccccc1)C(=O)OCc1ccccc1)C(=O)OCc1ccccc1)C(=O)OCc1ccccc1)C(=O)OCc1ccccc1)C(=O)OCc1ccccc1. The summed E-state index contributed by atoms with van der Waals surface area (Å²) in [6.45, 7) is 15.5. The molecule has 0 saturated carbocycles. The van der Waals surface area contributed by atoms with E-state index in [9.17, 15) is 9.59 Å². The zero-order chi connectivity index (χ0) is 85.1. The van der Waals surface area contributed by atoms with Gasteiger partial charge in [0, 0.05) is 0 Å². The van der Waals surface area contributed by atoms with Crippen LogP contribution in [0, 0.1) is 48.7 Å². The van der Waals surface area contributed by atoms with E-state index in [2.05, 4.69) is 0 Å². The summed E-state index contributed by atoms with van der Waals surface area (Å²) in [6, 6.07) is 80.7. The fourth-order valence-corrected chi connectivity index (χ4v) is 16.8. The normalized spacial score (nSPS) is 15.1. The molecule has 0 N–H and O–H groups in total. The highest BCUT2D eigenvalue weighted by Gasteiger charge is 2.60. The van der Waals surface area contributed by atoms with Crippen molar-refractivity contribution >= 4 is 53.7 Å². The lowest BCUT2D eigenvalue weighted by molar-refractivity contribution is -0.178. The Morgan fingerprint density at radius 2 is 0.263 bits per heavy atom. The van der Waals surface area contributed by atoms with Crippen molar-refractivity contribution in [3.63, 3.8) is 0 Å². The Hall–Kier alpha value is -11.8. The average Bonchev–Trinajstić information content (AvgIpc) is 0.750. The minimum absolute atomic E-state index is 0.0887. The average molecular weight is 1600 g/mol. The highest BCUT2D eigenvalue weighted by molar-refractivity contribution is 5.87. The molecule has 0 aliphatic carbocycles. The number of carbonyl (C=O) groups excluding carboxylic acids is 9. The highest BCUT2D eigenvalue weighted by atomic mass is 16.6. The van der Waals surface area contributed by atoms with E-state index >= 15 is 33.6 Å². The quantitative estimate of drug-likeness (QED) is 0.0255. The van der Waals surface area contributed by atoms with Crippen LogP contribution in [-0.4, -0.2) is 53.7 Å². The molecule has 9 rings (SSSR count). The molecule has 0 saturated heterocycles. The summed E-state index contributed by atoms with van der Waals surface area (Å²) >= 11 is 0. The van der Waals surface area contributed by atoms with Gasteiger partial charge in [0.05, 0.1) is 48.7 Å². The Kier molecular flexibility index (Phi) is 31.2. The lowest BCUT2D eigenvalue weighted by atomic mass is 9.56. The molecule has 0 radical (unpaired) electrons. The number of carbonyl (C=O) groups is 9. The van der Waals surface area contributed by atoms with E-state index in [-0.39, 0.29) is 72.3 Å². The summed E-state index contributed by atoms with van der Waals surface area (Å²) in [5, 5.41) is 0. The molecule has 6 unspecified atom stereocenters. The molecule has 9 aromatic carbocycles. The van der Waals surface area contributed by atoms with Crippen LogP contribution >= 0.6 is 0 Å². The first-order chi connectivity index (χ1) is 56.1. The van der Waals surface area contributed by atoms with E-state index in [1.165, 1.54) is 0 Å². The van der Waals surface area contributed by atoms with Gasteiger partial charge in [-0.2, -0.15) is 0 Å². The van der Waals surface area contributed by atoms with Gasteiger partial charge in [-0.15, -0.1) is 0 Å². The summed E-state index contributed by atoms with van der Waals surface area (Å²) in [7, 11) is 0. The van der Waals surface area contributed by atoms with E-state index < -0.39 is 141 Å². The van der Waals surface area contributed by atoms with Crippen LogP contribution in [0.25, 0.3) is 0 Å². The Morgan fingerprint density at radius 3 is 0.381 bits per heavy atom. The first-order valence-electron chi connectivity index (χ1n) is 40.1. The molecule has 18 nitrogen and oxygen atoms in total. The first kappa shape index (κ1) is 90.1. The van der Waals surface area contributed by atoms with Gasteiger partial charge in [-0.05, 0) is 178 Å². The molecular formula is C100H112O18. The van der Waals surface area contributed by atoms with Gasteiger partial charge < -0.3 is 42.6 Å². The van der Waals surface area contributed by atoms with Crippen LogP contribution < -0.4 is 0 Å². The molecule has 0 aliphatic heterocycles. The number of esters is 9. The third-order valence-corrected chi connectivity index (χ3v) is 21.8. The number of hydrogen-bond donors (Lipinski definition) is 0. The molecule has 118 heavy (non-hydrogen) atoms. The summed E-state index contributed by atoms with van der Waals surface area (Å²) in [6.07, 6.45) is -3.81. The highest BCUT2D eigenvalue weighted by Crippen LogP contribution is 2.57. The van der Waals surface area contributed by atoms with Crippen LogP contribution in [0.1, 0.15) is 178 Å². The Labute approximate surface area is 694 Å². The van der Waals surface area contributed by atoms with Crippen LogP contribution in [0.2, 0.25) is 0 Å². The smallest absolute Gasteiger partial charge is 0.312 e. The van der Waals surface area contributed by atoms with Gasteiger partial charge in [0.1, 0.15) is 59.5 Å². The van der Waals surface area contributed by atoms with Crippen molar-refractivity contribution in [3.8, 4) is 0 Å². The van der Waals surface area contributed by atoms with E-state index in [4.69, 9.17) is 42.6 Å². The second kappa shape index (κ2) is 40.9. The van der Waals surface area contributed by atoms with E-state index in [0.29, 0.717) is 50.1 Å². The van der Waals surface area contributed by atoms with Gasteiger partial charge in [0.15, 0.2) is 0 Å². The molecule has 18 heteroatoms. The van der Waals surface area contributed by atoms with Gasteiger partial charge in [0.2, 0.25) is 0 Å². The van der Waals surface area contributed by atoms with Crippen molar-refractivity contribution in [3.05, 3.63) is 323 Å². The second-order valence-electron chi connectivity index (χ2n) is 34.7. The standard InChI is InChI=1S/C100H112O18/c1-92(2,83(101)110-57-74-39-21-12-22-40-74)66-94(5,85(103)112-59-76-43-25-14-26-44-76)68-96(7,87(105)114-61-78-47-29-16-30-48-78)70-98(9,89(107)116-63-80-51-33-18-34-52-80)72-100(11,91(109)118-65-82-55-37-20-38-56-82)73-99(10,90(108)117-64-81-53-35-19-36-54-81)71-97(8,88(106)115-62-79-49-31-17-32-50-79)69-95(6,86(104)113-60-77-45-27-15-28-46-77)67-93(3,4)84(102)111-58-75-41-23-13-24-42-75/h12-56H,57-73H2,1-11H3. The lowest BCUT2D eigenvalue weighted by Gasteiger charge is -2.47. The van der Waals surface area contributed by atoms with Crippen molar-refractivity contribution in [2.24, 2.45) is 48.7 Å². The minimum Gasteiger partial charge on any atom is -0.460 e. The zero-order valence-corrected chi connectivity index (χ0v) is 69.9. The fourth-order valence-electron chi connectivity index (χ4n) is 16.8. The number of benzene rings is 9. The van der Waals surface area contributed by atoms with E-state index in [1.807, 2.05) is 84.9 Å². The largest absolute Gasteiger partial charge is 0.460 e. The Morgan fingerprint density at radius 1 is 0.161 bits per heavy atom. The molecule has 9 aromatic rings. The van der Waals surface area contributed by atoms with Crippen LogP contribution in [0.4, 0.5) is 0 Å². The van der Waals surface area contributed by atoms with Crippen LogP contribution in [0.5, 0.6) is 0 Å². The van der Waals surface area contributed by atoms with Crippen molar-refractivity contribution in [1.82, 2.24) is 0 Å². The van der Waals surface area contributed by atoms with Crippen LogP contribution in [0.3, 0.4) is 0 Å².